The van der Waals surface area contributed by atoms with E-state index in [-0.39, 0.29) is 0 Å². The van der Waals surface area contributed by atoms with Crippen molar-refractivity contribution >= 4 is 19.5 Å². The van der Waals surface area contributed by atoms with Crippen molar-refractivity contribution in [3.8, 4) is 0 Å². The smallest absolute Gasteiger partial charge is 0.0313 e. The van der Waals surface area contributed by atoms with E-state index >= 15 is 0 Å². The van der Waals surface area contributed by atoms with E-state index in [1.807, 2.05) is 0 Å². The summed E-state index contributed by atoms with van der Waals surface area (Å²) in [6, 6.07) is 0. The van der Waals surface area contributed by atoms with Crippen LogP contribution in [-0.4, -0.2) is 15.4 Å². The van der Waals surface area contributed by atoms with Crippen molar-refractivity contribution < 1.29 is 0 Å². The highest BCUT2D eigenvalue weighted by atomic mass is 31.0. The lowest BCUT2D eigenvalue weighted by molar-refractivity contribution is 0.217. The molecule has 0 saturated heterocycles. The Morgan fingerprint density at radius 1 is 0.900 bits per heavy atom. The van der Waals surface area contributed by atoms with Gasteiger partial charge in [-0.05, 0) is 48.7 Å². The maximum Gasteiger partial charge on any atom is 0.0313 e. The van der Waals surface area contributed by atoms with Crippen LogP contribution in [0, 0.1) is 0 Å². The Balaban J connectivity index is 2.16. The lowest BCUT2D eigenvalue weighted by Crippen LogP contribution is -2.38. The maximum absolute atomic E-state index is 3.90. The molecule has 3 saturated carbocycles. The van der Waals surface area contributed by atoms with E-state index in [9.17, 15) is 0 Å². The zero-order valence-electron chi connectivity index (χ0n) is 6.32. The third-order valence-corrected chi connectivity index (χ3v) is 4.92. The van der Waals surface area contributed by atoms with Crippen LogP contribution in [0.25, 0.3) is 0 Å². The second-order valence-corrected chi connectivity index (χ2v) is 6.43. The summed E-state index contributed by atoms with van der Waals surface area (Å²) < 4.78 is 0. The van der Waals surface area contributed by atoms with Crippen LogP contribution in [0.15, 0.2) is 0 Å². The summed E-state index contributed by atoms with van der Waals surface area (Å²) in [7, 11) is 6.97. The molecule has 3 rings (SSSR count). The Bertz CT molecular complexity index is 113. The molecule has 3 aliphatic rings. The van der Waals surface area contributed by atoms with Crippen molar-refractivity contribution in [1.82, 2.24) is 0 Å². The molecule has 0 heterocycles. The first kappa shape index (κ1) is 7.30. The molecule has 0 nitrogen and oxygen atoms in total. The van der Waals surface area contributed by atoms with Gasteiger partial charge in [0.25, 0.3) is 0 Å². The van der Waals surface area contributed by atoms with Crippen molar-refractivity contribution in [3.63, 3.8) is 0 Å². The molecule has 55 valence electrons. The zero-order valence-corrected chi connectivity index (χ0v) is 8.47. The van der Waals surface area contributed by atoms with Crippen LogP contribution in [0.5, 0.6) is 0 Å². The average molecular weight is 169 g/mol. The fourth-order valence-electron chi connectivity index (χ4n) is 2.21. The summed E-state index contributed by atoms with van der Waals surface area (Å²) in [5.74, 6) is 0. The Morgan fingerprint density at radius 3 is 1.60 bits per heavy atom. The Kier molecular flexibility index (Phi) is 1.52. The van der Waals surface area contributed by atoms with Gasteiger partial charge in [0.1, 0.15) is 0 Å². The summed E-state index contributed by atoms with van der Waals surface area (Å²) >= 11 is 0. The second kappa shape index (κ2) is 2.07. The van der Waals surface area contributed by atoms with Gasteiger partial charge in [-0.1, -0.05) is 0 Å². The first-order chi connectivity index (χ1) is 4.62. The highest BCUT2D eigenvalue weighted by Gasteiger charge is 2.43. The first-order valence-corrected chi connectivity index (χ1v) is 5.24. The van der Waals surface area contributed by atoms with Gasteiger partial charge in [-0.15, -0.1) is 9.24 Å². The standard InChI is InChI=1S/C8H14PSi/c9-7-1-4-8(10,5-2-7)6-3-7/h1-6,9H2. The summed E-state index contributed by atoms with van der Waals surface area (Å²) in [5.41, 5.74) is 0. The van der Waals surface area contributed by atoms with Crippen LogP contribution >= 0.6 is 9.24 Å². The highest BCUT2D eigenvalue weighted by Crippen LogP contribution is 2.58. The number of rotatable bonds is 0. The summed E-state index contributed by atoms with van der Waals surface area (Å²) in [5, 5.41) is 1.20. The fraction of sp³-hybridized carbons (Fsp3) is 1.00. The monoisotopic (exact) mass is 169 g/mol. The maximum atomic E-state index is 3.90. The van der Waals surface area contributed by atoms with Crippen LogP contribution in [0.3, 0.4) is 0 Å². The van der Waals surface area contributed by atoms with Gasteiger partial charge < -0.3 is 0 Å². The molecule has 0 aromatic heterocycles. The van der Waals surface area contributed by atoms with E-state index in [2.05, 4.69) is 19.5 Å². The summed E-state index contributed by atoms with van der Waals surface area (Å²) in [6.07, 6.45) is 8.44. The van der Waals surface area contributed by atoms with Crippen LogP contribution in [0.1, 0.15) is 38.5 Å². The van der Waals surface area contributed by atoms with E-state index < -0.39 is 0 Å². The van der Waals surface area contributed by atoms with Crippen LogP contribution in [0.2, 0.25) is 5.04 Å². The van der Waals surface area contributed by atoms with Gasteiger partial charge in [-0.2, -0.15) is 0 Å². The molecule has 10 heavy (non-hydrogen) atoms. The highest BCUT2D eigenvalue weighted by molar-refractivity contribution is 7.19. The minimum Gasteiger partial charge on any atom is -0.131 e. The molecule has 2 heteroatoms. The van der Waals surface area contributed by atoms with Crippen molar-refractivity contribution in [2.75, 3.05) is 0 Å². The van der Waals surface area contributed by atoms with E-state index in [1.54, 1.807) is 0 Å². The summed E-state index contributed by atoms with van der Waals surface area (Å²) in [6.45, 7) is 0. The SMILES string of the molecule is [Si]C12CCC(P)(CC1)CC2. The molecule has 3 radical (unpaired) electrons. The minimum absolute atomic E-state index is 0.554. The van der Waals surface area contributed by atoms with Gasteiger partial charge in [0.2, 0.25) is 0 Å². The van der Waals surface area contributed by atoms with Crippen molar-refractivity contribution in [2.45, 2.75) is 48.7 Å². The third-order valence-electron chi connectivity index (χ3n) is 3.30. The molecular formula is C8H14PSi. The van der Waals surface area contributed by atoms with Crippen molar-refractivity contribution in [2.24, 2.45) is 0 Å². The summed E-state index contributed by atoms with van der Waals surface area (Å²) in [4.78, 5) is 0. The molecule has 1 atom stereocenters. The van der Waals surface area contributed by atoms with Crippen LogP contribution in [-0.2, 0) is 0 Å². The second-order valence-electron chi connectivity index (χ2n) is 4.14. The number of hydrogen-bond acceptors (Lipinski definition) is 0. The third kappa shape index (κ3) is 1.08. The molecule has 0 amide bonds. The molecule has 3 aliphatic carbocycles. The fourth-order valence-corrected chi connectivity index (χ4v) is 3.02. The lowest BCUT2D eigenvalue weighted by atomic mass is 9.69. The Hall–Kier alpha value is 0.647. The van der Waals surface area contributed by atoms with E-state index in [0.29, 0.717) is 10.2 Å². The molecule has 3 fully saturated rings. The van der Waals surface area contributed by atoms with Gasteiger partial charge in [0.15, 0.2) is 0 Å². The van der Waals surface area contributed by atoms with Crippen LogP contribution < -0.4 is 0 Å². The molecule has 2 bridgehead atoms. The minimum atomic E-state index is 0.554. The molecule has 0 aromatic carbocycles. The average Bonchev–Trinajstić information content (AvgIpc) is 1.93. The number of fused-ring (bicyclic) bond motifs is 3. The zero-order chi connectivity index (χ0) is 7.24. The normalized spacial score (nSPS) is 53.4. The van der Waals surface area contributed by atoms with E-state index in [4.69, 9.17) is 0 Å². The largest absolute Gasteiger partial charge is 0.131 e. The van der Waals surface area contributed by atoms with Gasteiger partial charge in [-0.25, -0.2) is 0 Å². The molecule has 0 aromatic rings. The van der Waals surface area contributed by atoms with Crippen molar-refractivity contribution in [3.05, 3.63) is 0 Å². The Morgan fingerprint density at radius 2 is 1.30 bits per heavy atom. The molecule has 0 aliphatic heterocycles. The quantitative estimate of drug-likeness (QED) is 0.385. The lowest BCUT2D eigenvalue weighted by Gasteiger charge is -2.50. The van der Waals surface area contributed by atoms with E-state index in [0.717, 1.165) is 0 Å². The predicted molar refractivity (Wildman–Crippen MR) is 48.6 cm³/mol. The van der Waals surface area contributed by atoms with E-state index in [1.165, 1.54) is 38.5 Å². The van der Waals surface area contributed by atoms with Crippen molar-refractivity contribution in [1.29, 1.82) is 0 Å². The van der Waals surface area contributed by atoms with Crippen LogP contribution in [0.4, 0.5) is 0 Å². The number of hydrogen-bond donors (Lipinski definition) is 0. The topological polar surface area (TPSA) is 0 Å². The molecule has 0 spiro atoms. The predicted octanol–water partition coefficient (Wildman–Crippen LogP) is 2.30. The molecule has 1 unspecified atom stereocenters. The van der Waals surface area contributed by atoms with Gasteiger partial charge in [0.05, 0.1) is 0 Å². The molecule has 0 N–H and O–H groups in total. The first-order valence-electron chi connectivity index (χ1n) is 4.16. The van der Waals surface area contributed by atoms with Gasteiger partial charge >= 0.3 is 0 Å². The van der Waals surface area contributed by atoms with Gasteiger partial charge in [0, 0.05) is 10.2 Å². The molecular weight excluding hydrogens is 155 g/mol. The Labute approximate surface area is 68.8 Å². The van der Waals surface area contributed by atoms with Gasteiger partial charge in [-0.3, -0.25) is 0 Å².